The van der Waals surface area contributed by atoms with Crippen LogP contribution in [0.4, 0.5) is 5.82 Å². The minimum absolute atomic E-state index is 0. The third-order valence-corrected chi connectivity index (χ3v) is 5.53. The summed E-state index contributed by atoms with van der Waals surface area (Å²) in [6, 6.07) is 14.8. The van der Waals surface area contributed by atoms with Crippen LogP contribution in [0.2, 0.25) is 5.02 Å². The fraction of sp³-hybridized carbons (Fsp3) is 0.304. The number of hydrogen-bond acceptors (Lipinski definition) is 4. The molecule has 3 aromatic rings. The van der Waals surface area contributed by atoms with Gasteiger partial charge in [-0.15, -0.1) is 24.8 Å². The number of nitrogens with zero attached hydrogens (tertiary/aromatic N) is 2. The van der Waals surface area contributed by atoms with E-state index in [1.807, 2.05) is 36.4 Å². The van der Waals surface area contributed by atoms with Gasteiger partial charge in [-0.3, -0.25) is 0 Å². The van der Waals surface area contributed by atoms with Crippen molar-refractivity contribution in [1.29, 1.82) is 0 Å². The molecular weight excluding hydrogens is 439 g/mol. The Morgan fingerprint density at radius 2 is 1.67 bits per heavy atom. The molecule has 0 amide bonds. The molecule has 1 aromatic heterocycles. The third-order valence-electron chi connectivity index (χ3n) is 5.28. The van der Waals surface area contributed by atoms with Gasteiger partial charge in [-0.1, -0.05) is 41.4 Å². The maximum atomic E-state index is 6.06. The summed E-state index contributed by atoms with van der Waals surface area (Å²) in [5, 5.41) is 5.46. The second kappa shape index (κ2) is 11.0. The lowest BCUT2D eigenvalue weighted by Gasteiger charge is -2.27. The second-order valence-electron chi connectivity index (χ2n) is 7.59. The second-order valence-corrected chi connectivity index (χ2v) is 8.03. The molecule has 0 spiro atoms. The maximum Gasteiger partial charge on any atom is 0.154 e. The molecule has 0 saturated heterocycles. The lowest BCUT2D eigenvalue weighted by atomic mass is 9.92. The topological polar surface area (TPSA) is 63.8 Å². The predicted molar refractivity (Wildman–Crippen MR) is 133 cm³/mol. The van der Waals surface area contributed by atoms with Crippen molar-refractivity contribution in [3.63, 3.8) is 0 Å². The first-order valence-electron chi connectivity index (χ1n) is 9.81. The average molecular weight is 466 g/mol. The van der Waals surface area contributed by atoms with Gasteiger partial charge in [-0.05, 0) is 68.5 Å². The van der Waals surface area contributed by atoms with Gasteiger partial charge >= 0.3 is 0 Å². The highest BCUT2D eigenvalue weighted by Gasteiger charge is 2.19. The monoisotopic (exact) mass is 464 g/mol. The molecule has 0 radical (unpaired) electrons. The number of aromatic nitrogens is 2. The van der Waals surface area contributed by atoms with Crippen molar-refractivity contribution in [3.05, 3.63) is 64.4 Å². The van der Waals surface area contributed by atoms with E-state index in [0.717, 1.165) is 53.0 Å². The van der Waals surface area contributed by atoms with Crippen LogP contribution in [0.25, 0.3) is 23.1 Å². The van der Waals surface area contributed by atoms with Crippen LogP contribution in [0.1, 0.15) is 42.6 Å². The van der Waals surface area contributed by atoms with E-state index in [9.17, 15) is 0 Å². The molecule has 4 nitrogen and oxygen atoms in total. The van der Waals surface area contributed by atoms with Crippen molar-refractivity contribution in [2.24, 2.45) is 5.73 Å². The van der Waals surface area contributed by atoms with Gasteiger partial charge in [0.1, 0.15) is 5.82 Å². The normalized spacial score (nSPS) is 18.6. The first-order valence-corrected chi connectivity index (χ1v) is 10.2. The van der Waals surface area contributed by atoms with Crippen molar-refractivity contribution in [2.45, 2.75) is 44.7 Å². The van der Waals surface area contributed by atoms with Gasteiger partial charge in [0, 0.05) is 22.5 Å². The minimum atomic E-state index is 0. The van der Waals surface area contributed by atoms with Gasteiger partial charge in [0.25, 0.3) is 0 Å². The van der Waals surface area contributed by atoms with Gasteiger partial charge < -0.3 is 11.1 Å². The van der Waals surface area contributed by atoms with Gasteiger partial charge in [-0.25, -0.2) is 9.97 Å². The zero-order chi connectivity index (χ0) is 19.5. The summed E-state index contributed by atoms with van der Waals surface area (Å²) in [5.74, 6) is 1.60. The smallest absolute Gasteiger partial charge is 0.154 e. The van der Waals surface area contributed by atoms with E-state index < -0.39 is 0 Å². The van der Waals surface area contributed by atoms with Crippen LogP contribution < -0.4 is 11.1 Å². The van der Waals surface area contributed by atoms with Crippen LogP contribution in [0.5, 0.6) is 0 Å². The summed E-state index contributed by atoms with van der Waals surface area (Å²) in [6.45, 7) is 2.09. The highest BCUT2D eigenvalue weighted by molar-refractivity contribution is 6.30. The molecule has 1 aliphatic carbocycles. The number of nitrogens with two attached hydrogens (primary N) is 1. The van der Waals surface area contributed by atoms with Gasteiger partial charge in [-0.2, -0.15) is 0 Å². The molecule has 1 saturated carbocycles. The Kier molecular flexibility index (Phi) is 8.92. The Bertz CT molecular complexity index is 997. The molecule has 30 heavy (non-hydrogen) atoms. The highest BCUT2D eigenvalue weighted by Crippen LogP contribution is 2.26. The molecule has 1 heterocycles. The molecule has 3 N–H and O–H groups in total. The van der Waals surface area contributed by atoms with Gasteiger partial charge in [0.2, 0.25) is 0 Å². The summed E-state index contributed by atoms with van der Waals surface area (Å²) >= 11 is 5.96. The van der Waals surface area contributed by atoms with E-state index in [1.165, 1.54) is 5.56 Å². The Morgan fingerprint density at radius 3 is 2.37 bits per heavy atom. The maximum absolute atomic E-state index is 6.06. The molecule has 2 aromatic carbocycles. The van der Waals surface area contributed by atoms with Crippen LogP contribution in [0.3, 0.4) is 0 Å². The van der Waals surface area contributed by atoms with Crippen LogP contribution in [0.15, 0.2) is 42.5 Å². The number of rotatable bonds is 4. The Hall–Kier alpha value is -1.85. The molecule has 1 aliphatic rings. The van der Waals surface area contributed by atoms with Gasteiger partial charge in [0.05, 0.1) is 5.52 Å². The van der Waals surface area contributed by atoms with Gasteiger partial charge in [0.15, 0.2) is 5.82 Å². The number of benzene rings is 2. The van der Waals surface area contributed by atoms with Crippen molar-refractivity contribution < 1.29 is 0 Å². The minimum Gasteiger partial charge on any atom is -0.367 e. The van der Waals surface area contributed by atoms with E-state index in [2.05, 4.69) is 30.4 Å². The summed E-state index contributed by atoms with van der Waals surface area (Å²) in [7, 11) is 0. The molecule has 0 atom stereocenters. The van der Waals surface area contributed by atoms with E-state index in [1.54, 1.807) is 0 Å². The SMILES string of the molecule is Cc1ccc2nc(/C=C/c3ccc(Cl)cc3)nc(NC3CCC(N)CC3)c2c1.Cl.Cl. The lowest BCUT2D eigenvalue weighted by Crippen LogP contribution is -2.33. The zero-order valence-electron chi connectivity index (χ0n) is 16.8. The van der Waals surface area contributed by atoms with Crippen molar-refractivity contribution in [2.75, 3.05) is 5.32 Å². The van der Waals surface area contributed by atoms with Crippen molar-refractivity contribution in [1.82, 2.24) is 9.97 Å². The summed E-state index contributed by atoms with van der Waals surface area (Å²) in [6.07, 6.45) is 8.23. The van der Waals surface area contributed by atoms with E-state index >= 15 is 0 Å². The number of nitrogens with one attached hydrogen (secondary N) is 1. The Labute approximate surface area is 195 Å². The van der Waals surface area contributed by atoms with Crippen LogP contribution in [-0.4, -0.2) is 22.1 Å². The summed E-state index contributed by atoms with van der Waals surface area (Å²) < 4.78 is 0. The molecule has 0 aliphatic heterocycles. The molecule has 0 unspecified atom stereocenters. The van der Waals surface area contributed by atoms with Crippen molar-refractivity contribution >= 4 is 65.3 Å². The fourth-order valence-corrected chi connectivity index (χ4v) is 3.77. The van der Waals surface area contributed by atoms with E-state index in [4.69, 9.17) is 27.3 Å². The molecule has 160 valence electrons. The fourth-order valence-electron chi connectivity index (χ4n) is 3.65. The average Bonchev–Trinajstić information content (AvgIpc) is 2.70. The predicted octanol–water partition coefficient (Wildman–Crippen LogP) is 6.29. The number of anilines is 1. The molecule has 1 fully saturated rings. The Balaban J connectivity index is 0.00000160. The van der Waals surface area contributed by atoms with Crippen LogP contribution in [-0.2, 0) is 0 Å². The first-order chi connectivity index (χ1) is 13.6. The third kappa shape index (κ3) is 6.08. The summed E-state index contributed by atoms with van der Waals surface area (Å²) in [4.78, 5) is 9.55. The van der Waals surface area contributed by atoms with E-state index in [0.29, 0.717) is 17.9 Å². The molecule has 7 heteroatoms. The first kappa shape index (κ1) is 24.4. The standard InChI is InChI=1S/C23H25ClN4.2ClH/c1-15-2-12-21-20(14-15)23(26-19-10-8-18(25)9-11-19)28-22(27-21)13-5-16-3-6-17(24)7-4-16;;/h2-7,12-14,18-19H,8-11,25H2,1H3,(H,26,27,28);2*1H/b13-5+;;. The largest absolute Gasteiger partial charge is 0.367 e. The number of hydrogen-bond donors (Lipinski definition) is 2. The number of aryl methyl sites for hydroxylation is 1. The Morgan fingerprint density at radius 1 is 0.967 bits per heavy atom. The van der Waals surface area contributed by atoms with E-state index in [-0.39, 0.29) is 24.8 Å². The molecule has 4 rings (SSSR count). The highest BCUT2D eigenvalue weighted by atomic mass is 35.5. The summed E-state index contributed by atoms with van der Waals surface area (Å²) in [5.41, 5.74) is 9.27. The molecular formula is C23H27Cl3N4. The zero-order valence-corrected chi connectivity index (χ0v) is 19.2. The van der Waals surface area contributed by atoms with Crippen LogP contribution >= 0.6 is 36.4 Å². The lowest BCUT2D eigenvalue weighted by molar-refractivity contribution is 0.410. The quantitative estimate of drug-likeness (QED) is 0.475. The number of halogens is 3. The van der Waals surface area contributed by atoms with Crippen molar-refractivity contribution in [3.8, 4) is 0 Å². The molecule has 0 bridgehead atoms. The van der Waals surface area contributed by atoms with Crippen LogP contribution in [0, 0.1) is 6.92 Å². The number of fused-ring (bicyclic) bond motifs is 1.